The molecule has 0 spiro atoms. The Morgan fingerprint density at radius 2 is 2.12 bits per heavy atom. The molecule has 0 bridgehead atoms. The molecule has 0 fully saturated rings. The van der Waals surface area contributed by atoms with Crippen molar-refractivity contribution in [2.45, 2.75) is 0 Å². The molecule has 0 atom stereocenters. The van der Waals surface area contributed by atoms with Crippen LogP contribution in [0.3, 0.4) is 0 Å². The summed E-state index contributed by atoms with van der Waals surface area (Å²) in [6, 6.07) is 6.22. The van der Waals surface area contributed by atoms with Gasteiger partial charge in [-0.05, 0) is 0 Å². The summed E-state index contributed by atoms with van der Waals surface area (Å²) in [7, 11) is 3.74. The Morgan fingerprint density at radius 3 is 2.69 bits per heavy atom. The van der Waals surface area contributed by atoms with E-state index < -0.39 is 4.92 Å². The van der Waals surface area contributed by atoms with Gasteiger partial charge in [0.05, 0.1) is 9.96 Å². The first-order valence-corrected chi connectivity index (χ1v) is 5.00. The van der Waals surface area contributed by atoms with Crippen LogP contribution in [0.2, 0.25) is 0 Å². The second kappa shape index (κ2) is 5.42. The molecular formula is C11H12ClN2O2+. The van der Waals surface area contributed by atoms with Crippen molar-refractivity contribution in [1.82, 2.24) is 0 Å². The van der Waals surface area contributed by atoms with Crippen LogP contribution in [0.1, 0.15) is 5.56 Å². The predicted octanol–water partition coefficient (Wildman–Crippen LogP) is 2.52. The monoisotopic (exact) mass is 239 g/mol. The fraction of sp³-hybridized carbons (Fsp3) is 0.182. The third-order valence-corrected chi connectivity index (χ3v) is 2.20. The summed E-state index contributed by atoms with van der Waals surface area (Å²) in [5, 5.41) is 11.0. The third kappa shape index (κ3) is 3.47. The van der Waals surface area contributed by atoms with E-state index in [1.807, 2.05) is 18.7 Å². The van der Waals surface area contributed by atoms with Gasteiger partial charge in [0.2, 0.25) is 0 Å². The van der Waals surface area contributed by atoms with E-state index in [2.05, 4.69) is 0 Å². The zero-order valence-corrected chi connectivity index (χ0v) is 9.81. The Labute approximate surface area is 98.6 Å². The SMILES string of the molecule is C[N+](C)=C/C=C(/Cl)c1cccc([N+](=O)[O-])c1. The first-order chi connectivity index (χ1) is 7.50. The molecule has 1 aromatic rings. The van der Waals surface area contributed by atoms with Crippen LogP contribution in [0.4, 0.5) is 5.69 Å². The summed E-state index contributed by atoms with van der Waals surface area (Å²) in [5.41, 5.74) is 0.669. The molecule has 0 N–H and O–H groups in total. The Bertz CT molecular complexity index is 463. The molecule has 1 aromatic carbocycles. The highest BCUT2D eigenvalue weighted by Gasteiger charge is 2.07. The summed E-state index contributed by atoms with van der Waals surface area (Å²) in [6.45, 7) is 0. The molecule has 84 valence electrons. The number of nitro benzene ring substituents is 1. The molecule has 0 heterocycles. The molecule has 0 radical (unpaired) electrons. The number of nitro groups is 1. The number of allylic oxidation sites excluding steroid dienone is 1. The van der Waals surface area contributed by atoms with E-state index in [1.54, 1.807) is 24.4 Å². The summed E-state index contributed by atoms with van der Waals surface area (Å²) >= 11 is 6.01. The lowest BCUT2D eigenvalue weighted by Crippen LogP contribution is -1.96. The number of rotatable bonds is 3. The number of non-ortho nitro benzene ring substituents is 1. The molecule has 5 heteroatoms. The summed E-state index contributed by atoms with van der Waals surface area (Å²) in [5.74, 6) is 0. The maximum absolute atomic E-state index is 10.6. The summed E-state index contributed by atoms with van der Waals surface area (Å²) in [6.07, 6.45) is 3.47. The van der Waals surface area contributed by atoms with Crippen molar-refractivity contribution >= 4 is 28.5 Å². The van der Waals surface area contributed by atoms with Gasteiger partial charge in [-0.2, -0.15) is 0 Å². The normalized spacial score (nSPS) is 11.1. The molecule has 0 unspecified atom stereocenters. The maximum Gasteiger partial charge on any atom is 0.270 e. The Hall–Kier alpha value is -1.68. The van der Waals surface area contributed by atoms with Crippen molar-refractivity contribution in [2.24, 2.45) is 0 Å². The van der Waals surface area contributed by atoms with Gasteiger partial charge in [-0.25, -0.2) is 4.58 Å². The van der Waals surface area contributed by atoms with E-state index in [0.29, 0.717) is 10.6 Å². The minimum atomic E-state index is -0.441. The summed E-state index contributed by atoms with van der Waals surface area (Å²) < 4.78 is 1.83. The molecular weight excluding hydrogens is 228 g/mol. The zero-order valence-electron chi connectivity index (χ0n) is 9.05. The number of hydrogen-bond donors (Lipinski definition) is 0. The smallest absolute Gasteiger partial charge is 0.258 e. The fourth-order valence-corrected chi connectivity index (χ4v) is 1.25. The van der Waals surface area contributed by atoms with Crippen LogP contribution in [0, 0.1) is 10.1 Å². The van der Waals surface area contributed by atoms with E-state index in [-0.39, 0.29) is 5.69 Å². The first-order valence-electron chi connectivity index (χ1n) is 4.62. The van der Waals surface area contributed by atoms with Crippen molar-refractivity contribution in [1.29, 1.82) is 0 Å². The highest BCUT2D eigenvalue weighted by molar-refractivity contribution is 6.49. The van der Waals surface area contributed by atoms with Gasteiger partial charge in [0.15, 0.2) is 6.21 Å². The third-order valence-electron chi connectivity index (χ3n) is 1.85. The van der Waals surface area contributed by atoms with Crippen molar-refractivity contribution in [2.75, 3.05) is 14.1 Å². The predicted molar refractivity (Wildman–Crippen MR) is 65.1 cm³/mol. The van der Waals surface area contributed by atoms with Crippen LogP contribution in [-0.2, 0) is 0 Å². The molecule has 0 saturated carbocycles. The average molecular weight is 240 g/mol. The fourth-order valence-electron chi connectivity index (χ4n) is 1.08. The molecule has 0 saturated heterocycles. The minimum absolute atomic E-state index is 0.0360. The minimum Gasteiger partial charge on any atom is -0.258 e. The van der Waals surface area contributed by atoms with Gasteiger partial charge in [0.1, 0.15) is 14.1 Å². The van der Waals surface area contributed by atoms with E-state index in [9.17, 15) is 10.1 Å². The average Bonchev–Trinajstić information content (AvgIpc) is 2.26. The quantitative estimate of drug-likeness (QED) is 0.352. The number of halogens is 1. The standard InChI is InChI=1S/C11H12ClN2O2/c1-13(2)7-6-11(12)9-4-3-5-10(8-9)14(15)16/h3-8H,1-2H3/q+1/b11-6+. The lowest BCUT2D eigenvalue weighted by atomic mass is 10.2. The highest BCUT2D eigenvalue weighted by Crippen LogP contribution is 2.22. The number of nitrogens with zero attached hydrogens (tertiary/aromatic N) is 2. The lowest BCUT2D eigenvalue weighted by Gasteiger charge is -1.97. The summed E-state index contributed by atoms with van der Waals surface area (Å²) in [4.78, 5) is 10.1. The van der Waals surface area contributed by atoms with Crippen molar-refractivity contribution in [3.05, 3.63) is 46.0 Å². The van der Waals surface area contributed by atoms with E-state index >= 15 is 0 Å². The molecule has 0 aliphatic rings. The Morgan fingerprint density at radius 1 is 1.44 bits per heavy atom. The molecule has 1 rings (SSSR count). The van der Waals surface area contributed by atoms with Crippen LogP contribution < -0.4 is 0 Å². The van der Waals surface area contributed by atoms with Crippen LogP contribution in [-0.4, -0.2) is 29.8 Å². The number of benzene rings is 1. The van der Waals surface area contributed by atoms with Gasteiger partial charge in [-0.1, -0.05) is 23.7 Å². The van der Waals surface area contributed by atoms with Crippen LogP contribution in [0.25, 0.3) is 5.03 Å². The zero-order chi connectivity index (χ0) is 12.1. The lowest BCUT2D eigenvalue weighted by molar-refractivity contribution is -0.458. The van der Waals surface area contributed by atoms with Gasteiger partial charge in [-0.3, -0.25) is 10.1 Å². The van der Waals surface area contributed by atoms with Gasteiger partial charge in [0.25, 0.3) is 5.69 Å². The van der Waals surface area contributed by atoms with E-state index in [1.165, 1.54) is 12.1 Å². The van der Waals surface area contributed by atoms with E-state index in [4.69, 9.17) is 11.6 Å². The van der Waals surface area contributed by atoms with Crippen molar-refractivity contribution < 1.29 is 9.50 Å². The topological polar surface area (TPSA) is 46.1 Å². The molecule has 0 aromatic heterocycles. The van der Waals surface area contributed by atoms with Crippen LogP contribution in [0.15, 0.2) is 30.3 Å². The van der Waals surface area contributed by atoms with Crippen molar-refractivity contribution in [3.8, 4) is 0 Å². The van der Waals surface area contributed by atoms with E-state index in [0.717, 1.165) is 0 Å². The first kappa shape index (κ1) is 12.4. The Kier molecular flexibility index (Phi) is 4.19. The largest absolute Gasteiger partial charge is 0.270 e. The molecule has 16 heavy (non-hydrogen) atoms. The van der Waals surface area contributed by atoms with Gasteiger partial charge >= 0.3 is 0 Å². The second-order valence-corrected chi connectivity index (χ2v) is 3.84. The van der Waals surface area contributed by atoms with Crippen molar-refractivity contribution in [3.63, 3.8) is 0 Å². The molecule has 0 aliphatic heterocycles. The maximum atomic E-state index is 10.6. The molecule has 0 aliphatic carbocycles. The highest BCUT2D eigenvalue weighted by atomic mass is 35.5. The van der Waals surface area contributed by atoms with Gasteiger partial charge in [0, 0.05) is 23.8 Å². The van der Waals surface area contributed by atoms with Gasteiger partial charge in [-0.15, -0.1) is 0 Å². The van der Waals surface area contributed by atoms with Crippen LogP contribution >= 0.6 is 11.6 Å². The number of hydrogen-bond acceptors (Lipinski definition) is 2. The van der Waals surface area contributed by atoms with Gasteiger partial charge < -0.3 is 0 Å². The molecule has 4 nitrogen and oxygen atoms in total. The van der Waals surface area contributed by atoms with Crippen LogP contribution in [0.5, 0.6) is 0 Å². The second-order valence-electron chi connectivity index (χ2n) is 3.43. The molecule has 0 amide bonds. The Balaban J connectivity index is 3.05.